The van der Waals surface area contributed by atoms with Crippen molar-refractivity contribution in [3.8, 4) is 12.4 Å². The third-order valence-corrected chi connectivity index (χ3v) is 4.65. The second-order valence-corrected chi connectivity index (χ2v) is 6.12. The Kier molecular flexibility index (Phi) is 3.18. The monoisotopic (exact) mass is 368 g/mol. The molecule has 0 spiro atoms. The van der Waals surface area contributed by atoms with E-state index in [1.807, 2.05) is 0 Å². The fourth-order valence-corrected chi connectivity index (χ4v) is 3.56. The van der Waals surface area contributed by atoms with Crippen molar-refractivity contribution >= 4 is 43.6 Å². The van der Waals surface area contributed by atoms with E-state index < -0.39 is 11.6 Å². The first-order valence-electron chi connectivity index (χ1n) is 8.09. The van der Waals surface area contributed by atoms with Crippen LogP contribution in [0.25, 0.3) is 43.6 Å². The zero-order chi connectivity index (χ0) is 19.4. The molecular formula is C20H6F2N6. The molecule has 5 rings (SSSR count). The molecule has 8 heteroatoms. The molecule has 0 amide bonds. The quantitative estimate of drug-likeness (QED) is 0.392. The number of fused-ring (bicyclic) bond motifs is 6. The lowest BCUT2D eigenvalue weighted by molar-refractivity contribution is 0.629. The Morgan fingerprint density at radius 1 is 0.643 bits per heavy atom. The van der Waals surface area contributed by atoms with Gasteiger partial charge in [0.05, 0.1) is 11.0 Å². The number of aromatic nitrogens is 2. The summed E-state index contributed by atoms with van der Waals surface area (Å²) >= 11 is 0. The Labute approximate surface area is 154 Å². The van der Waals surface area contributed by atoms with Gasteiger partial charge in [-0.15, -0.1) is 0 Å². The molecule has 1 aromatic heterocycles. The summed E-state index contributed by atoms with van der Waals surface area (Å²) in [6, 6.07) is 8.17. The molecule has 5 aromatic rings. The number of hydrogen-bond acceptors (Lipinski definition) is 6. The van der Waals surface area contributed by atoms with Gasteiger partial charge in [-0.25, -0.2) is 18.7 Å². The number of nitriles is 2. The van der Waals surface area contributed by atoms with Crippen LogP contribution in [0.3, 0.4) is 0 Å². The highest BCUT2D eigenvalue weighted by Crippen LogP contribution is 2.28. The van der Waals surface area contributed by atoms with E-state index in [0.29, 0.717) is 43.6 Å². The maximum atomic E-state index is 13.8. The summed E-state index contributed by atoms with van der Waals surface area (Å²) in [6.07, 6.45) is 3.43. The number of halogens is 2. The van der Waals surface area contributed by atoms with Crippen LogP contribution in [0.2, 0.25) is 0 Å². The summed E-state index contributed by atoms with van der Waals surface area (Å²) in [5.41, 5.74) is 1.46. The molecule has 0 aliphatic heterocycles. The van der Waals surface area contributed by atoms with Gasteiger partial charge in [0.1, 0.15) is 33.4 Å². The van der Waals surface area contributed by atoms with Gasteiger partial charge in [-0.1, -0.05) is 0 Å². The highest BCUT2D eigenvalue weighted by atomic mass is 19.1. The van der Waals surface area contributed by atoms with Crippen LogP contribution in [-0.2, 0) is 0 Å². The predicted molar refractivity (Wildman–Crippen MR) is 96.7 cm³/mol. The smallest absolute Gasteiger partial charge is 0.206 e. The summed E-state index contributed by atoms with van der Waals surface area (Å²) in [6.45, 7) is 0. The third kappa shape index (κ3) is 2.03. The topological polar surface area (TPSA) is 98.1 Å². The van der Waals surface area contributed by atoms with Crippen molar-refractivity contribution < 1.29 is 8.78 Å². The van der Waals surface area contributed by atoms with Crippen LogP contribution in [0.15, 0.2) is 46.4 Å². The molecule has 0 fully saturated rings. The van der Waals surface area contributed by atoms with Crippen LogP contribution < -0.4 is 10.7 Å². The maximum Gasteiger partial charge on any atom is 0.206 e. The molecule has 0 N–H and O–H groups in total. The lowest BCUT2D eigenvalue weighted by atomic mass is 10.2. The Hall–Kier alpha value is -4.30. The molecule has 0 saturated carbocycles. The third-order valence-electron chi connectivity index (χ3n) is 4.65. The SMILES string of the molecule is N#CN=c1c2cc(F)ccc2c2nc3c(=NC#N)c4cc(F)ccc4c3nc12. The van der Waals surface area contributed by atoms with E-state index in [1.165, 1.54) is 36.4 Å². The van der Waals surface area contributed by atoms with E-state index in [1.54, 1.807) is 12.4 Å². The Balaban J connectivity index is 2.12. The minimum absolute atomic E-state index is 0.219. The minimum Gasteiger partial charge on any atom is -0.241 e. The van der Waals surface area contributed by atoms with Crippen LogP contribution in [0.1, 0.15) is 0 Å². The van der Waals surface area contributed by atoms with Crippen molar-refractivity contribution in [2.45, 2.75) is 0 Å². The molecule has 0 atom stereocenters. The van der Waals surface area contributed by atoms with E-state index in [2.05, 4.69) is 20.0 Å². The largest absolute Gasteiger partial charge is 0.241 e. The molecular weight excluding hydrogens is 362 g/mol. The van der Waals surface area contributed by atoms with E-state index in [4.69, 9.17) is 10.5 Å². The van der Waals surface area contributed by atoms with E-state index >= 15 is 0 Å². The second-order valence-electron chi connectivity index (χ2n) is 6.12. The zero-order valence-corrected chi connectivity index (χ0v) is 13.9. The fraction of sp³-hybridized carbons (Fsp3) is 0. The number of rotatable bonds is 0. The Bertz CT molecular complexity index is 1540. The van der Waals surface area contributed by atoms with Gasteiger partial charge in [0.2, 0.25) is 12.4 Å². The van der Waals surface area contributed by atoms with E-state index in [9.17, 15) is 8.78 Å². The number of hydrogen-bond donors (Lipinski definition) is 0. The summed E-state index contributed by atoms with van der Waals surface area (Å²) in [5, 5.41) is 20.5. The van der Waals surface area contributed by atoms with Crippen molar-refractivity contribution in [1.29, 1.82) is 10.5 Å². The maximum absolute atomic E-state index is 13.8. The summed E-state index contributed by atoms with van der Waals surface area (Å²) in [4.78, 5) is 16.8. The first-order valence-corrected chi connectivity index (χ1v) is 8.09. The molecule has 28 heavy (non-hydrogen) atoms. The fourth-order valence-electron chi connectivity index (χ4n) is 3.56. The summed E-state index contributed by atoms with van der Waals surface area (Å²) < 4.78 is 27.5. The Morgan fingerprint density at radius 2 is 1.07 bits per heavy atom. The van der Waals surface area contributed by atoms with E-state index in [-0.39, 0.29) is 10.7 Å². The van der Waals surface area contributed by atoms with Crippen LogP contribution in [0.5, 0.6) is 0 Å². The van der Waals surface area contributed by atoms with Gasteiger partial charge in [-0.05, 0) is 36.4 Å². The summed E-state index contributed by atoms with van der Waals surface area (Å²) in [5.74, 6) is -0.949. The Morgan fingerprint density at radius 3 is 1.46 bits per heavy atom. The first-order chi connectivity index (χ1) is 13.6. The van der Waals surface area contributed by atoms with Gasteiger partial charge >= 0.3 is 0 Å². The molecule has 0 unspecified atom stereocenters. The standard InChI is InChI=1S/C20H6F2N6/c21-9-1-3-11-13(5-9)15(25-7-23)19-17(11)27-20-16(26-8-24)14-6-10(22)2-4-12(14)18(20)28-19/h1-6H. The van der Waals surface area contributed by atoms with Gasteiger partial charge in [0.15, 0.2) is 0 Å². The molecule has 0 aliphatic rings. The zero-order valence-electron chi connectivity index (χ0n) is 13.9. The van der Waals surface area contributed by atoms with Crippen LogP contribution in [0.4, 0.5) is 8.78 Å². The lowest BCUT2D eigenvalue weighted by Gasteiger charge is -1.94. The highest BCUT2D eigenvalue weighted by Gasteiger charge is 2.18. The summed E-state index contributed by atoms with van der Waals surface area (Å²) in [7, 11) is 0. The normalized spacial score (nSPS) is 13.0. The van der Waals surface area contributed by atoms with Crippen LogP contribution in [0, 0.1) is 34.5 Å². The number of benzene rings is 2. The van der Waals surface area contributed by atoms with Crippen molar-refractivity contribution in [3.05, 3.63) is 58.7 Å². The molecule has 0 bridgehead atoms. The molecule has 0 aliphatic carbocycles. The van der Waals surface area contributed by atoms with Crippen LogP contribution >= 0.6 is 0 Å². The highest BCUT2D eigenvalue weighted by molar-refractivity contribution is 6.14. The van der Waals surface area contributed by atoms with Gasteiger partial charge in [0, 0.05) is 21.5 Å². The molecule has 130 valence electrons. The minimum atomic E-state index is -0.475. The first kappa shape index (κ1) is 15.9. The average Bonchev–Trinajstić information content (AvgIpc) is 3.13. The second kappa shape index (κ2) is 5.60. The van der Waals surface area contributed by atoms with Gasteiger partial charge < -0.3 is 0 Å². The van der Waals surface area contributed by atoms with E-state index in [0.717, 1.165) is 0 Å². The lowest BCUT2D eigenvalue weighted by Crippen LogP contribution is -2.03. The molecule has 6 nitrogen and oxygen atoms in total. The van der Waals surface area contributed by atoms with Crippen molar-refractivity contribution in [1.82, 2.24) is 9.97 Å². The van der Waals surface area contributed by atoms with Crippen molar-refractivity contribution in [3.63, 3.8) is 0 Å². The van der Waals surface area contributed by atoms with Crippen molar-refractivity contribution in [2.24, 2.45) is 9.98 Å². The van der Waals surface area contributed by atoms with Crippen LogP contribution in [-0.4, -0.2) is 9.97 Å². The molecule has 4 aromatic carbocycles. The predicted octanol–water partition coefficient (Wildman–Crippen LogP) is 3.01. The number of nitrogens with zero attached hydrogens (tertiary/aromatic N) is 6. The van der Waals surface area contributed by atoms with Crippen molar-refractivity contribution in [2.75, 3.05) is 0 Å². The van der Waals surface area contributed by atoms with Gasteiger partial charge in [-0.3, -0.25) is 0 Å². The van der Waals surface area contributed by atoms with Gasteiger partial charge in [0.25, 0.3) is 0 Å². The average molecular weight is 368 g/mol. The molecule has 0 saturated heterocycles. The van der Waals surface area contributed by atoms with Gasteiger partial charge in [-0.2, -0.15) is 20.5 Å². The molecule has 1 heterocycles. The molecule has 0 radical (unpaired) electrons.